The lowest BCUT2D eigenvalue weighted by atomic mass is 10.0. The van der Waals surface area contributed by atoms with Gasteiger partial charge >= 0.3 is 6.09 Å². The van der Waals surface area contributed by atoms with E-state index >= 15 is 0 Å². The van der Waals surface area contributed by atoms with Gasteiger partial charge in [0, 0.05) is 27.6 Å². The Morgan fingerprint density at radius 1 is 0.891 bits per heavy atom. The molecule has 1 aliphatic heterocycles. The molecule has 0 radical (unpaired) electrons. The monoisotopic (exact) mass is 769 g/mol. The average molecular weight is 770 g/mol. The number of hydrogen-bond donors (Lipinski definition) is 3. The molecule has 0 saturated carbocycles. The van der Waals surface area contributed by atoms with Gasteiger partial charge in [-0.05, 0) is 85.9 Å². The number of carbonyl (C=O) groups excluding carboxylic acids is 4. The number of anilines is 2. The van der Waals surface area contributed by atoms with Crippen LogP contribution in [0, 0.1) is 11.3 Å². The van der Waals surface area contributed by atoms with Gasteiger partial charge in [0.1, 0.15) is 22.4 Å². The van der Waals surface area contributed by atoms with Crippen molar-refractivity contribution in [2.24, 2.45) is 0 Å². The fraction of sp³-hybridized carbons (Fsp3) is 0.186. The summed E-state index contributed by atoms with van der Waals surface area (Å²) in [5.74, 6) is -1.20. The molecule has 0 aliphatic carbocycles. The second kappa shape index (κ2) is 17.3. The summed E-state index contributed by atoms with van der Waals surface area (Å²) >= 11 is 2.56. The minimum absolute atomic E-state index is 0.0477. The molecule has 2 heterocycles. The molecule has 0 bridgehead atoms. The van der Waals surface area contributed by atoms with Gasteiger partial charge in [0.05, 0.1) is 17.9 Å². The maximum atomic E-state index is 13.7. The maximum absolute atomic E-state index is 13.7. The Morgan fingerprint density at radius 2 is 1.58 bits per heavy atom. The third kappa shape index (κ3) is 10.3. The van der Waals surface area contributed by atoms with Crippen molar-refractivity contribution in [1.29, 1.82) is 5.26 Å². The van der Waals surface area contributed by atoms with Crippen molar-refractivity contribution in [2.45, 2.75) is 44.2 Å². The average Bonchev–Trinajstić information content (AvgIpc) is 3.53. The molecule has 6 rings (SSSR count). The zero-order valence-corrected chi connectivity index (χ0v) is 32.2. The number of rotatable bonds is 10. The maximum Gasteiger partial charge on any atom is 0.410 e. The minimum Gasteiger partial charge on any atom is -0.444 e. The smallest absolute Gasteiger partial charge is 0.410 e. The second-order valence-corrected chi connectivity index (χ2v) is 15.8. The summed E-state index contributed by atoms with van der Waals surface area (Å²) in [7, 11) is 0. The van der Waals surface area contributed by atoms with Crippen LogP contribution in [0.4, 0.5) is 15.5 Å². The molecule has 0 fully saturated rings. The molecule has 0 atom stereocenters. The van der Waals surface area contributed by atoms with E-state index in [0.29, 0.717) is 41.3 Å². The number of fused-ring (bicyclic) bond motifs is 1. The molecule has 55 heavy (non-hydrogen) atoms. The number of hydrogen-bond acceptors (Lipinski definition) is 8. The van der Waals surface area contributed by atoms with Crippen molar-refractivity contribution in [2.75, 3.05) is 22.9 Å². The first-order valence-electron chi connectivity index (χ1n) is 17.6. The molecule has 4 aromatic carbocycles. The predicted molar refractivity (Wildman–Crippen MR) is 218 cm³/mol. The summed E-state index contributed by atoms with van der Waals surface area (Å²) in [6.07, 6.45) is 1.70. The fourth-order valence-electron chi connectivity index (χ4n) is 5.78. The van der Waals surface area contributed by atoms with E-state index in [0.717, 1.165) is 32.0 Å². The SMILES string of the molecule is CC(C)(C)OC(=O)N1CCc2c(sc(NC(=O)CSc3cccc(NC(=O)/C(=C\c4ccc(-c5ccccc5)cc4)NC(=O)c4ccccc4)c3)c2C#N)C1. The van der Waals surface area contributed by atoms with Gasteiger partial charge in [0.25, 0.3) is 11.8 Å². The van der Waals surface area contributed by atoms with Gasteiger partial charge in [-0.15, -0.1) is 23.1 Å². The zero-order chi connectivity index (χ0) is 39.0. The van der Waals surface area contributed by atoms with Crippen molar-refractivity contribution in [3.63, 3.8) is 0 Å². The highest BCUT2D eigenvalue weighted by molar-refractivity contribution is 8.00. The summed E-state index contributed by atoms with van der Waals surface area (Å²) in [5, 5.41) is 18.9. The number of ether oxygens (including phenoxy) is 1. The van der Waals surface area contributed by atoms with Crippen LogP contribution < -0.4 is 16.0 Å². The Hall–Kier alpha value is -6.16. The molecular weight excluding hydrogens is 731 g/mol. The van der Waals surface area contributed by atoms with E-state index in [9.17, 15) is 24.4 Å². The largest absolute Gasteiger partial charge is 0.444 e. The highest BCUT2D eigenvalue weighted by Gasteiger charge is 2.30. The molecule has 4 amide bonds. The lowest BCUT2D eigenvalue weighted by molar-refractivity contribution is -0.114. The molecule has 278 valence electrons. The van der Waals surface area contributed by atoms with Crippen LogP contribution in [0.15, 0.2) is 120 Å². The van der Waals surface area contributed by atoms with Crippen molar-refractivity contribution in [1.82, 2.24) is 10.2 Å². The summed E-state index contributed by atoms with van der Waals surface area (Å²) in [6.45, 7) is 6.16. The third-order valence-corrected chi connectivity index (χ3v) is 10.5. The van der Waals surface area contributed by atoms with Gasteiger partial charge in [-0.25, -0.2) is 4.79 Å². The van der Waals surface area contributed by atoms with Crippen molar-refractivity contribution >= 4 is 63.7 Å². The van der Waals surface area contributed by atoms with E-state index in [1.807, 2.05) is 87.5 Å². The second-order valence-electron chi connectivity index (χ2n) is 13.7. The van der Waals surface area contributed by atoms with Crippen LogP contribution in [0.3, 0.4) is 0 Å². The Labute approximate surface area is 328 Å². The summed E-state index contributed by atoms with van der Waals surface area (Å²) in [4.78, 5) is 55.8. The van der Waals surface area contributed by atoms with E-state index in [4.69, 9.17) is 4.74 Å². The van der Waals surface area contributed by atoms with Gasteiger partial charge in [0.2, 0.25) is 5.91 Å². The molecule has 5 aromatic rings. The highest BCUT2D eigenvalue weighted by atomic mass is 32.2. The summed E-state index contributed by atoms with van der Waals surface area (Å²) in [6, 6.07) is 35.6. The topological polar surface area (TPSA) is 141 Å². The number of amides is 4. The number of nitrogens with zero attached hydrogens (tertiary/aromatic N) is 2. The van der Waals surface area contributed by atoms with Crippen LogP contribution in [0.25, 0.3) is 17.2 Å². The number of benzene rings is 4. The molecule has 10 nitrogen and oxygen atoms in total. The van der Waals surface area contributed by atoms with Gasteiger partial charge in [0.15, 0.2) is 0 Å². The van der Waals surface area contributed by atoms with Gasteiger partial charge in [-0.3, -0.25) is 14.4 Å². The molecular formula is C43H39N5O5S2. The number of carbonyl (C=O) groups is 4. The number of nitriles is 1. The van der Waals surface area contributed by atoms with Gasteiger partial charge in [-0.2, -0.15) is 5.26 Å². The standard InChI is InChI=1S/C43H39N5O5S2/c1-43(2,3)53-42(52)48-22-21-34-35(25-44)41(55-37(34)26-48)47-38(49)27-54-33-16-10-15-32(24-33)45-40(51)36(46-39(50)31-13-8-5-9-14-31)23-28-17-19-30(20-18-28)29-11-6-4-7-12-29/h4-20,23-24H,21-22,26-27H2,1-3H3,(H,45,51)(H,46,50)(H,47,49)/b36-23+. The summed E-state index contributed by atoms with van der Waals surface area (Å²) in [5.41, 5.74) is 4.38. The molecule has 0 saturated heterocycles. The van der Waals surface area contributed by atoms with Crippen LogP contribution in [0.5, 0.6) is 0 Å². The van der Waals surface area contributed by atoms with Crippen LogP contribution >= 0.6 is 23.1 Å². The quantitative estimate of drug-likeness (QED) is 0.0954. The zero-order valence-electron chi connectivity index (χ0n) is 30.6. The molecule has 1 aromatic heterocycles. The minimum atomic E-state index is -0.622. The van der Waals surface area contributed by atoms with Gasteiger partial charge in [-0.1, -0.05) is 78.9 Å². The van der Waals surface area contributed by atoms with E-state index in [2.05, 4.69) is 22.0 Å². The lowest BCUT2D eigenvalue weighted by Crippen LogP contribution is -2.39. The predicted octanol–water partition coefficient (Wildman–Crippen LogP) is 8.72. The Balaban J connectivity index is 1.11. The van der Waals surface area contributed by atoms with E-state index in [1.165, 1.54) is 23.1 Å². The third-order valence-electron chi connectivity index (χ3n) is 8.39. The molecule has 3 N–H and O–H groups in total. The van der Waals surface area contributed by atoms with Crippen LogP contribution in [0.1, 0.15) is 52.7 Å². The van der Waals surface area contributed by atoms with Crippen LogP contribution in [-0.4, -0.2) is 46.6 Å². The number of thioether (sulfide) groups is 1. The van der Waals surface area contributed by atoms with E-state index in [1.54, 1.807) is 53.4 Å². The number of thiophene rings is 1. The number of nitrogens with one attached hydrogen (secondary N) is 3. The van der Waals surface area contributed by atoms with Crippen molar-refractivity contribution in [3.8, 4) is 17.2 Å². The van der Waals surface area contributed by atoms with Gasteiger partial charge < -0.3 is 25.6 Å². The fourth-order valence-corrected chi connectivity index (χ4v) is 7.76. The first-order valence-corrected chi connectivity index (χ1v) is 19.4. The molecule has 12 heteroatoms. The lowest BCUT2D eigenvalue weighted by Gasteiger charge is -2.29. The molecule has 0 spiro atoms. The van der Waals surface area contributed by atoms with Crippen LogP contribution in [-0.2, 0) is 27.3 Å². The highest BCUT2D eigenvalue weighted by Crippen LogP contribution is 2.37. The normalized spacial score (nSPS) is 12.5. The van der Waals surface area contributed by atoms with E-state index in [-0.39, 0.29) is 17.4 Å². The Kier molecular flexibility index (Phi) is 12.1. The Bertz CT molecular complexity index is 2270. The first-order chi connectivity index (χ1) is 26.5. The molecule has 0 unspecified atom stereocenters. The van der Waals surface area contributed by atoms with Crippen molar-refractivity contribution in [3.05, 3.63) is 142 Å². The van der Waals surface area contributed by atoms with E-state index < -0.39 is 23.5 Å². The first kappa shape index (κ1) is 38.6. The molecule has 1 aliphatic rings. The van der Waals surface area contributed by atoms with Crippen molar-refractivity contribution < 1.29 is 23.9 Å². The van der Waals surface area contributed by atoms with Crippen LogP contribution in [0.2, 0.25) is 0 Å². The Morgan fingerprint density at radius 3 is 2.27 bits per heavy atom. The summed E-state index contributed by atoms with van der Waals surface area (Å²) < 4.78 is 5.52.